The molecule has 1 N–H and O–H groups in total. The van der Waals surface area contributed by atoms with Crippen LogP contribution in [0.1, 0.15) is 0 Å². The number of aliphatic hydroxyl groups is 1. The molecule has 0 unspecified atom stereocenters. The van der Waals surface area contributed by atoms with E-state index in [9.17, 15) is 9.50 Å². The standard InChI is InChI=1S/C24H24FN5O3/c25-18-5-6-21-22(14-18)33-28-23(21)17-3-1-4-20(13-17)32-16-19(31)15-29-9-11-30(12-10-29)24-26-7-2-8-27-24/h1-8,13-14,19,31H,9-12,15-16H2/t19-/m0/s1. The van der Waals surface area contributed by atoms with Gasteiger partial charge in [-0.15, -0.1) is 0 Å². The molecule has 8 nitrogen and oxygen atoms in total. The van der Waals surface area contributed by atoms with E-state index >= 15 is 0 Å². The summed E-state index contributed by atoms with van der Waals surface area (Å²) in [6.45, 7) is 3.98. The second-order valence-electron chi connectivity index (χ2n) is 8.00. The van der Waals surface area contributed by atoms with Gasteiger partial charge in [-0.25, -0.2) is 14.4 Å². The van der Waals surface area contributed by atoms with Crippen molar-refractivity contribution in [2.24, 2.45) is 0 Å². The maximum atomic E-state index is 13.4. The lowest BCUT2D eigenvalue weighted by molar-refractivity contribution is 0.0662. The van der Waals surface area contributed by atoms with E-state index in [0.717, 1.165) is 43.1 Å². The highest BCUT2D eigenvalue weighted by Crippen LogP contribution is 2.30. The van der Waals surface area contributed by atoms with Gasteiger partial charge in [-0.2, -0.15) is 0 Å². The van der Waals surface area contributed by atoms with Crippen LogP contribution in [0.4, 0.5) is 10.3 Å². The summed E-state index contributed by atoms with van der Waals surface area (Å²) in [5, 5.41) is 15.3. The first-order valence-corrected chi connectivity index (χ1v) is 10.9. The Kier molecular flexibility index (Phi) is 6.14. The Morgan fingerprint density at radius 3 is 2.67 bits per heavy atom. The minimum absolute atomic E-state index is 0.177. The van der Waals surface area contributed by atoms with Gasteiger partial charge in [0.05, 0.1) is 0 Å². The Morgan fingerprint density at radius 1 is 1.03 bits per heavy atom. The number of hydrogen-bond donors (Lipinski definition) is 1. The van der Waals surface area contributed by atoms with Crippen LogP contribution >= 0.6 is 0 Å². The molecule has 1 aliphatic heterocycles. The van der Waals surface area contributed by atoms with Crippen LogP contribution in [0, 0.1) is 5.82 Å². The Morgan fingerprint density at radius 2 is 1.85 bits per heavy atom. The van der Waals surface area contributed by atoms with Gasteiger partial charge < -0.3 is 19.3 Å². The highest BCUT2D eigenvalue weighted by Gasteiger charge is 2.21. The van der Waals surface area contributed by atoms with Crippen molar-refractivity contribution < 1.29 is 18.8 Å². The lowest BCUT2D eigenvalue weighted by Gasteiger charge is -2.35. The molecule has 0 amide bonds. The summed E-state index contributed by atoms with van der Waals surface area (Å²) in [5.74, 6) is 0.993. The third kappa shape index (κ3) is 4.94. The zero-order valence-corrected chi connectivity index (χ0v) is 18.0. The molecule has 0 spiro atoms. The maximum absolute atomic E-state index is 13.4. The third-order valence-electron chi connectivity index (χ3n) is 5.66. The van der Waals surface area contributed by atoms with Gasteiger partial charge in [0.15, 0.2) is 5.58 Å². The monoisotopic (exact) mass is 449 g/mol. The molecule has 1 atom stereocenters. The van der Waals surface area contributed by atoms with E-state index in [-0.39, 0.29) is 12.4 Å². The van der Waals surface area contributed by atoms with Crippen molar-refractivity contribution in [2.45, 2.75) is 6.10 Å². The number of ether oxygens (including phenoxy) is 1. The molecule has 4 aromatic rings. The number of β-amino-alcohol motifs (C(OH)–C–C–N with tert-alkyl or cyclic N) is 1. The molecule has 2 aromatic heterocycles. The minimum Gasteiger partial charge on any atom is -0.491 e. The molecule has 1 aliphatic rings. The molecule has 9 heteroatoms. The van der Waals surface area contributed by atoms with Crippen LogP contribution in [-0.2, 0) is 0 Å². The molecule has 5 rings (SSSR count). The van der Waals surface area contributed by atoms with E-state index in [4.69, 9.17) is 9.26 Å². The number of halogens is 1. The topological polar surface area (TPSA) is 87.8 Å². The Labute approximate surface area is 190 Å². The van der Waals surface area contributed by atoms with E-state index in [1.807, 2.05) is 24.3 Å². The molecule has 1 fully saturated rings. The number of anilines is 1. The van der Waals surface area contributed by atoms with Crippen LogP contribution in [0.25, 0.3) is 22.2 Å². The van der Waals surface area contributed by atoms with Crippen LogP contribution in [0.5, 0.6) is 5.75 Å². The molecule has 0 saturated carbocycles. The second kappa shape index (κ2) is 9.51. The van der Waals surface area contributed by atoms with E-state index in [1.165, 1.54) is 12.1 Å². The van der Waals surface area contributed by atoms with Crippen LogP contribution in [-0.4, -0.2) is 70.6 Å². The van der Waals surface area contributed by atoms with Crippen molar-refractivity contribution in [3.8, 4) is 17.0 Å². The molecule has 0 bridgehead atoms. The zero-order chi connectivity index (χ0) is 22.6. The van der Waals surface area contributed by atoms with Crippen molar-refractivity contribution in [1.82, 2.24) is 20.0 Å². The van der Waals surface area contributed by atoms with Crippen molar-refractivity contribution in [3.63, 3.8) is 0 Å². The summed E-state index contributed by atoms with van der Waals surface area (Å²) in [5.41, 5.74) is 1.81. The fraction of sp³-hybridized carbons (Fsp3) is 0.292. The largest absolute Gasteiger partial charge is 0.491 e. The van der Waals surface area contributed by atoms with Crippen molar-refractivity contribution in [1.29, 1.82) is 0 Å². The first-order chi connectivity index (χ1) is 16.2. The van der Waals surface area contributed by atoms with E-state index < -0.39 is 6.10 Å². The molecular formula is C24H24FN5O3. The number of hydrogen-bond acceptors (Lipinski definition) is 8. The van der Waals surface area contributed by atoms with Gasteiger partial charge >= 0.3 is 0 Å². The third-order valence-corrected chi connectivity index (χ3v) is 5.66. The lowest BCUT2D eigenvalue weighted by atomic mass is 10.1. The van der Waals surface area contributed by atoms with E-state index in [2.05, 4.69) is 24.9 Å². The first kappa shape index (κ1) is 21.3. The van der Waals surface area contributed by atoms with Crippen LogP contribution in [0.3, 0.4) is 0 Å². The number of piperazine rings is 1. The molecule has 3 heterocycles. The van der Waals surface area contributed by atoms with Crippen molar-refractivity contribution in [3.05, 3.63) is 66.7 Å². The van der Waals surface area contributed by atoms with Gasteiger partial charge in [-0.3, -0.25) is 4.90 Å². The van der Waals surface area contributed by atoms with Crippen molar-refractivity contribution >= 4 is 16.9 Å². The highest BCUT2D eigenvalue weighted by molar-refractivity contribution is 5.91. The van der Waals surface area contributed by atoms with Gasteiger partial charge in [0.1, 0.15) is 30.0 Å². The summed E-state index contributed by atoms with van der Waals surface area (Å²) in [6.07, 6.45) is 2.87. The molecule has 1 saturated heterocycles. The number of rotatable bonds is 7. The second-order valence-corrected chi connectivity index (χ2v) is 8.00. The maximum Gasteiger partial charge on any atom is 0.225 e. The lowest BCUT2D eigenvalue weighted by Crippen LogP contribution is -2.49. The normalized spacial score (nSPS) is 15.6. The predicted octanol–water partition coefficient (Wildman–Crippen LogP) is 2.99. The summed E-state index contributed by atoms with van der Waals surface area (Å²) < 4.78 is 24.5. The average Bonchev–Trinajstić information content (AvgIpc) is 3.27. The van der Waals surface area contributed by atoms with Gasteiger partial charge in [0.25, 0.3) is 0 Å². The molecule has 0 aliphatic carbocycles. The van der Waals surface area contributed by atoms with Gasteiger partial charge in [0, 0.05) is 62.1 Å². The molecule has 170 valence electrons. The zero-order valence-electron chi connectivity index (χ0n) is 18.0. The smallest absolute Gasteiger partial charge is 0.225 e. The Balaban J connectivity index is 1.15. The number of aliphatic hydroxyl groups excluding tert-OH is 1. The summed E-state index contributed by atoms with van der Waals surface area (Å²) in [4.78, 5) is 13.0. The number of fused-ring (bicyclic) bond motifs is 1. The van der Waals surface area contributed by atoms with Crippen LogP contribution in [0.2, 0.25) is 0 Å². The van der Waals surface area contributed by atoms with Gasteiger partial charge in [-0.05, 0) is 30.3 Å². The fourth-order valence-electron chi connectivity index (χ4n) is 3.98. The number of aromatic nitrogens is 3. The SMILES string of the molecule is O[C@H](COc1cccc(-c2noc3cc(F)ccc23)c1)CN1CCN(c2ncccn2)CC1. The van der Waals surface area contributed by atoms with E-state index in [0.29, 0.717) is 23.6 Å². The molecular weight excluding hydrogens is 425 g/mol. The Bertz CT molecular complexity index is 1210. The van der Waals surface area contributed by atoms with Gasteiger partial charge in [0.2, 0.25) is 5.95 Å². The molecule has 33 heavy (non-hydrogen) atoms. The predicted molar refractivity (Wildman–Crippen MR) is 122 cm³/mol. The van der Waals surface area contributed by atoms with E-state index in [1.54, 1.807) is 24.5 Å². The first-order valence-electron chi connectivity index (χ1n) is 10.9. The molecule has 2 aromatic carbocycles. The Hall–Kier alpha value is -3.56. The summed E-state index contributed by atoms with van der Waals surface area (Å²) in [6, 6.07) is 13.6. The van der Waals surface area contributed by atoms with Crippen LogP contribution < -0.4 is 9.64 Å². The quantitative estimate of drug-likeness (QED) is 0.461. The summed E-state index contributed by atoms with van der Waals surface area (Å²) >= 11 is 0. The van der Waals surface area contributed by atoms with Crippen LogP contribution in [0.15, 0.2) is 65.4 Å². The van der Waals surface area contributed by atoms with Crippen molar-refractivity contribution in [2.75, 3.05) is 44.2 Å². The average molecular weight is 449 g/mol. The van der Waals surface area contributed by atoms with Gasteiger partial charge in [-0.1, -0.05) is 17.3 Å². The number of benzene rings is 2. The molecule has 0 radical (unpaired) electrons. The summed E-state index contributed by atoms with van der Waals surface area (Å²) in [7, 11) is 0. The number of nitrogens with zero attached hydrogens (tertiary/aromatic N) is 5. The highest BCUT2D eigenvalue weighted by atomic mass is 19.1. The minimum atomic E-state index is -0.621. The fourth-order valence-corrected chi connectivity index (χ4v) is 3.98.